The molecule has 3 nitrogen and oxygen atoms in total. The van der Waals surface area contributed by atoms with Gasteiger partial charge in [0.05, 0.1) is 11.2 Å². The molecule has 1 aliphatic heterocycles. The summed E-state index contributed by atoms with van der Waals surface area (Å²) in [5.74, 6) is 3.24. The van der Waals surface area contributed by atoms with Crippen LogP contribution in [-0.2, 0) is 6.42 Å². The van der Waals surface area contributed by atoms with Crippen molar-refractivity contribution in [2.24, 2.45) is 0 Å². The van der Waals surface area contributed by atoms with Gasteiger partial charge in [0.15, 0.2) is 0 Å². The number of nitrogens with zero attached hydrogens (tertiary/aromatic N) is 3. The summed E-state index contributed by atoms with van der Waals surface area (Å²) in [6.45, 7) is 3.29. The number of halogens is 1. The van der Waals surface area contributed by atoms with Gasteiger partial charge in [-0.1, -0.05) is 11.6 Å². The molecule has 1 aromatic carbocycles. The second kappa shape index (κ2) is 5.98. The molecule has 120 valence electrons. The van der Waals surface area contributed by atoms with Gasteiger partial charge in [0.25, 0.3) is 0 Å². The molecule has 0 N–H and O–H groups in total. The van der Waals surface area contributed by atoms with E-state index in [-0.39, 0.29) is 0 Å². The second-order valence-corrected chi connectivity index (χ2v) is 6.68. The van der Waals surface area contributed by atoms with Crippen molar-refractivity contribution >= 4 is 22.5 Å². The molecule has 0 aliphatic carbocycles. The SMILES string of the molecule is CC1c2c(c3cc(Cl)ccc3n2C#Cc2cccnc2)CCN1C. The minimum atomic E-state index is 0.322. The number of fused-ring (bicyclic) bond motifs is 3. The van der Waals surface area contributed by atoms with Crippen molar-refractivity contribution in [2.75, 3.05) is 13.6 Å². The molecule has 3 aromatic rings. The second-order valence-electron chi connectivity index (χ2n) is 6.25. The predicted molar refractivity (Wildman–Crippen MR) is 98.2 cm³/mol. The van der Waals surface area contributed by atoms with Crippen LogP contribution in [0.5, 0.6) is 0 Å². The Balaban J connectivity index is 1.96. The molecule has 24 heavy (non-hydrogen) atoms. The van der Waals surface area contributed by atoms with Crippen LogP contribution >= 0.6 is 11.6 Å². The largest absolute Gasteiger partial charge is 0.298 e. The van der Waals surface area contributed by atoms with Crippen LogP contribution in [0, 0.1) is 12.0 Å². The fraction of sp³-hybridized carbons (Fsp3) is 0.250. The molecule has 1 atom stereocenters. The summed E-state index contributed by atoms with van der Waals surface area (Å²) in [6.07, 6.45) is 4.57. The number of aromatic nitrogens is 2. The highest BCUT2D eigenvalue weighted by Gasteiger charge is 2.27. The van der Waals surface area contributed by atoms with Gasteiger partial charge < -0.3 is 0 Å². The molecule has 0 spiro atoms. The van der Waals surface area contributed by atoms with E-state index in [0.29, 0.717) is 6.04 Å². The molecule has 1 unspecified atom stereocenters. The Morgan fingerprint density at radius 3 is 2.96 bits per heavy atom. The molecule has 0 fully saturated rings. The van der Waals surface area contributed by atoms with E-state index in [0.717, 1.165) is 29.1 Å². The molecule has 0 saturated carbocycles. The van der Waals surface area contributed by atoms with Crippen molar-refractivity contribution in [3.8, 4) is 12.0 Å². The van der Waals surface area contributed by atoms with E-state index in [9.17, 15) is 0 Å². The van der Waals surface area contributed by atoms with Gasteiger partial charge in [0.2, 0.25) is 0 Å². The van der Waals surface area contributed by atoms with Crippen LogP contribution in [0.3, 0.4) is 0 Å². The van der Waals surface area contributed by atoms with Gasteiger partial charge >= 0.3 is 0 Å². The van der Waals surface area contributed by atoms with Gasteiger partial charge in [-0.3, -0.25) is 14.5 Å². The van der Waals surface area contributed by atoms with Crippen molar-refractivity contribution in [1.29, 1.82) is 0 Å². The first kappa shape index (κ1) is 15.3. The maximum atomic E-state index is 6.24. The van der Waals surface area contributed by atoms with E-state index in [1.807, 2.05) is 18.2 Å². The molecule has 4 rings (SSSR count). The van der Waals surface area contributed by atoms with E-state index < -0.39 is 0 Å². The van der Waals surface area contributed by atoms with Crippen LogP contribution < -0.4 is 0 Å². The summed E-state index contributed by atoms with van der Waals surface area (Å²) in [5, 5.41) is 1.99. The molecular weight excluding hydrogens is 318 g/mol. The molecule has 1 aliphatic rings. The predicted octanol–water partition coefficient (Wildman–Crippen LogP) is 4.10. The third kappa shape index (κ3) is 2.49. The fourth-order valence-electron chi connectivity index (χ4n) is 3.42. The minimum absolute atomic E-state index is 0.322. The lowest BCUT2D eigenvalue weighted by molar-refractivity contribution is 0.242. The number of benzene rings is 1. The highest BCUT2D eigenvalue weighted by Crippen LogP contribution is 2.36. The smallest absolute Gasteiger partial charge is 0.0619 e. The van der Waals surface area contributed by atoms with Gasteiger partial charge in [-0.05, 0) is 62.2 Å². The first-order valence-corrected chi connectivity index (χ1v) is 8.48. The van der Waals surface area contributed by atoms with E-state index in [1.165, 1.54) is 16.6 Å². The third-order valence-electron chi connectivity index (χ3n) is 4.82. The lowest BCUT2D eigenvalue weighted by Gasteiger charge is -2.30. The van der Waals surface area contributed by atoms with E-state index in [2.05, 4.69) is 52.5 Å². The standard InChI is InChI=1S/C20H18ClN3/c1-14-20-17(8-10-23(14)2)18-12-16(21)5-6-19(18)24(20)11-7-15-4-3-9-22-13-15/h3-6,9,12-14H,8,10H2,1-2H3. The van der Waals surface area contributed by atoms with E-state index in [4.69, 9.17) is 11.6 Å². The zero-order chi connectivity index (χ0) is 16.7. The van der Waals surface area contributed by atoms with Crippen molar-refractivity contribution in [1.82, 2.24) is 14.5 Å². The summed E-state index contributed by atoms with van der Waals surface area (Å²) in [4.78, 5) is 6.50. The normalized spacial score (nSPS) is 17.4. The molecule has 0 radical (unpaired) electrons. The Morgan fingerprint density at radius 2 is 2.17 bits per heavy atom. The van der Waals surface area contributed by atoms with Crippen LogP contribution in [0.4, 0.5) is 0 Å². The highest BCUT2D eigenvalue weighted by molar-refractivity contribution is 6.31. The Bertz CT molecular complexity index is 963. The summed E-state index contributed by atoms with van der Waals surface area (Å²) < 4.78 is 2.13. The molecule has 3 heterocycles. The van der Waals surface area contributed by atoms with Gasteiger partial charge in [0, 0.05) is 47.0 Å². The monoisotopic (exact) mass is 335 g/mol. The number of hydrogen-bond acceptors (Lipinski definition) is 2. The number of hydrogen-bond donors (Lipinski definition) is 0. The van der Waals surface area contributed by atoms with Gasteiger partial charge in [-0.15, -0.1) is 0 Å². The first-order chi connectivity index (χ1) is 11.6. The van der Waals surface area contributed by atoms with Crippen molar-refractivity contribution < 1.29 is 0 Å². The van der Waals surface area contributed by atoms with Crippen molar-refractivity contribution in [2.45, 2.75) is 19.4 Å². The van der Waals surface area contributed by atoms with Crippen LogP contribution in [0.1, 0.15) is 29.8 Å². The Hall–Kier alpha value is -2.28. The van der Waals surface area contributed by atoms with Crippen molar-refractivity contribution in [3.63, 3.8) is 0 Å². The maximum absolute atomic E-state index is 6.24. The van der Waals surface area contributed by atoms with Crippen LogP contribution in [0.25, 0.3) is 10.9 Å². The summed E-state index contributed by atoms with van der Waals surface area (Å²) in [7, 11) is 2.16. The van der Waals surface area contributed by atoms with E-state index >= 15 is 0 Å². The fourth-order valence-corrected chi connectivity index (χ4v) is 3.59. The van der Waals surface area contributed by atoms with Crippen LogP contribution in [0.2, 0.25) is 5.02 Å². The molecule has 4 heteroatoms. The molecule has 0 amide bonds. The highest BCUT2D eigenvalue weighted by atomic mass is 35.5. The topological polar surface area (TPSA) is 21.1 Å². The maximum Gasteiger partial charge on any atom is 0.0619 e. The zero-order valence-corrected chi connectivity index (χ0v) is 14.5. The Kier molecular flexibility index (Phi) is 3.80. The molecular formula is C20H18ClN3. The Labute approximate surface area is 146 Å². The molecule has 0 bridgehead atoms. The van der Waals surface area contributed by atoms with E-state index in [1.54, 1.807) is 12.4 Å². The number of likely N-dealkylation sites (N-methyl/N-ethyl adjacent to an activating group) is 1. The van der Waals surface area contributed by atoms with Crippen molar-refractivity contribution in [3.05, 3.63) is 64.6 Å². The Morgan fingerprint density at radius 1 is 1.29 bits per heavy atom. The van der Waals surface area contributed by atoms with Crippen LogP contribution in [0.15, 0.2) is 42.7 Å². The molecule has 0 saturated heterocycles. The average Bonchev–Trinajstić information content (AvgIpc) is 2.91. The lowest BCUT2D eigenvalue weighted by atomic mass is 9.99. The third-order valence-corrected chi connectivity index (χ3v) is 5.05. The van der Waals surface area contributed by atoms with Gasteiger partial charge in [0.1, 0.15) is 0 Å². The quantitative estimate of drug-likeness (QED) is 0.577. The summed E-state index contributed by atoms with van der Waals surface area (Å²) in [5.41, 5.74) is 4.69. The minimum Gasteiger partial charge on any atom is -0.298 e. The number of pyridine rings is 1. The number of rotatable bonds is 0. The molecule has 2 aromatic heterocycles. The average molecular weight is 336 g/mol. The zero-order valence-electron chi connectivity index (χ0n) is 13.8. The summed E-state index contributed by atoms with van der Waals surface area (Å²) >= 11 is 6.24. The van der Waals surface area contributed by atoms with Gasteiger partial charge in [-0.2, -0.15) is 0 Å². The lowest BCUT2D eigenvalue weighted by Crippen LogP contribution is -2.31. The van der Waals surface area contributed by atoms with Gasteiger partial charge in [-0.25, -0.2) is 0 Å². The summed E-state index contributed by atoms with van der Waals surface area (Å²) in [6, 6.07) is 13.6. The van der Waals surface area contributed by atoms with Crippen LogP contribution in [-0.4, -0.2) is 28.0 Å². The first-order valence-electron chi connectivity index (χ1n) is 8.10.